The molecule has 0 aromatic heterocycles. The van der Waals surface area contributed by atoms with Crippen molar-refractivity contribution < 1.29 is 14.3 Å². The summed E-state index contributed by atoms with van der Waals surface area (Å²) in [6, 6.07) is 5.33. The molecule has 1 fully saturated rings. The molecule has 102 valence electrons. The summed E-state index contributed by atoms with van der Waals surface area (Å²) in [5.41, 5.74) is 2.04. The van der Waals surface area contributed by atoms with Crippen LogP contribution in [0.25, 0.3) is 0 Å². The number of benzene rings is 1. The Hall–Kier alpha value is -1.49. The number of ether oxygens (including phenoxy) is 1. The highest BCUT2D eigenvalue weighted by atomic mass is 32.2. The molecule has 1 N–H and O–H groups in total. The van der Waals surface area contributed by atoms with Crippen LogP contribution in [0.5, 0.6) is 5.75 Å². The molecule has 0 saturated carbocycles. The van der Waals surface area contributed by atoms with E-state index in [9.17, 15) is 9.59 Å². The monoisotopic (exact) mass is 279 g/mol. The minimum absolute atomic E-state index is 0.172. The number of amides is 1. The van der Waals surface area contributed by atoms with Gasteiger partial charge in [-0.2, -0.15) is 0 Å². The van der Waals surface area contributed by atoms with E-state index in [0.717, 1.165) is 22.9 Å². The van der Waals surface area contributed by atoms with Gasteiger partial charge in [-0.15, -0.1) is 0 Å². The number of hydrogen-bond donors (Lipinski definition) is 1. The van der Waals surface area contributed by atoms with Crippen molar-refractivity contribution >= 4 is 23.0 Å². The molecule has 0 bridgehead atoms. The summed E-state index contributed by atoms with van der Waals surface area (Å²) in [4.78, 5) is 23.0. The van der Waals surface area contributed by atoms with Crippen molar-refractivity contribution in [1.29, 1.82) is 0 Å². The molecule has 0 radical (unpaired) electrons. The van der Waals surface area contributed by atoms with E-state index in [1.807, 2.05) is 25.1 Å². The van der Waals surface area contributed by atoms with Crippen molar-refractivity contribution in [2.45, 2.75) is 32.7 Å². The molecule has 1 saturated heterocycles. The lowest BCUT2D eigenvalue weighted by Crippen LogP contribution is -2.37. The van der Waals surface area contributed by atoms with Gasteiger partial charge in [-0.05, 0) is 30.0 Å². The standard InChI is InChI=1S/C14H17NO3S/c1-8(2)10-5-4-9(3)12(6-10)18-13(16)11-7-19-14(17)15-11/h4-6,8,11H,7H2,1-3H3,(H,15,17)/t11-/m0/s1. The lowest BCUT2D eigenvalue weighted by atomic mass is 10.0. The maximum absolute atomic E-state index is 11.9. The number of carbonyl (C=O) groups excluding carboxylic acids is 2. The first-order valence-corrected chi connectivity index (χ1v) is 7.21. The molecule has 5 heteroatoms. The molecule has 1 aromatic rings. The first kappa shape index (κ1) is 13.9. The van der Waals surface area contributed by atoms with E-state index < -0.39 is 12.0 Å². The number of nitrogens with one attached hydrogen (secondary N) is 1. The second-order valence-corrected chi connectivity index (χ2v) is 5.89. The summed E-state index contributed by atoms with van der Waals surface area (Å²) >= 11 is 1.11. The fourth-order valence-corrected chi connectivity index (χ4v) is 2.54. The van der Waals surface area contributed by atoms with Gasteiger partial charge >= 0.3 is 5.97 Å². The van der Waals surface area contributed by atoms with E-state index in [-0.39, 0.29) is 5.24 Å². The van der Waals surface area contributed by atoms with Gasteiger partial charge in [0.1, 0.15) is 11.8 Å². The van der Waals surface area contributed by atoms with Gasteiger partial charge in [0.05, 0.1) is 0 Å². The van der Waals surface area contributed by atoms with Crippen molar-refractivity contribution in [1.82, 2.24) is 5.32 Å². The summed E-state index contributed by atoms with van der Waals surface area (Å²) in [6.07, 6.45) is 0. The summed E-state index contributed by atoms with van der Waals surface area (Å²) in [6.45, 7) is 6.07. The van der Waals surface area contributed by atoms with Crippen LogP contribution in [0, 0.1) is 6.92 Å². The van der Waals surface area contributed by atoms with Crippen LogP contribution >= 0.6 is 11.8 Å². The third kappa shape index (κ3) is 3.29. The molecule has 1 aliphatic rings. The SMILES string of the molecule is Cc1ccc(C(C)C)cc1OC(=O)[C@@H]1CSC(=O)N1. The minimum Gasteiger partial charge on any atom is -0.425 e. The average molecular weight is 279 g/mol. The molecule has 0 spiro atoms. The predicted octanol–water partition coefficient (Wildman–Crippen LogP) is 2.85. The third-order valence-electron chi connectivity index (χ3n) is 3.05. The Labute approximate surface area is 116 Å². The summed E-state index contributed by atoms with van der Waals surface area (Å²) < 4.78 is 5.40. The number of hydrogen-bond acceptors (Lipinski definition) is 4. The van der Waals surface area contributed by atoms with Gasteiger partial charge in [0.25, 0.3) is 5.24 Å². The molecule has 1 aliphatic heterocycles. The Bertz CT molecular complexity index is 513. The Balaban J connectivity index is 2.12. The highest BCUT2D eigenvalue weighted by molar-refractivity contribution is 8.14. The Morgan fingerprint density at radius 1 is 1.47 bits per heavy atom. The van der Waals surface area contributed by atoms with Crippen LogP contribution in [0.3, 0.4) is 0 Å². The molecule has 1 atom stereocenters. The lowest BCUT2D eigenvalue weighted by Gasteiger charge is -2.13. The van der Waals surface area contributed by atoms with Crippen LogP contribution in [0.4, 0.5) is 4.79 Å². The van der Waals surface area contributed by atoms with Crippen molar-refractivity contribution in [2.24, 2.45) is 0 Å². The molecule has 1 aromatic carbocycles. The summed E-state index contributed by atoms with van der Waals surface area (Å²) in [7, 11) is 0. The number of thioether (sulfide) groups is 1. The second kappa shape index (κ2) is 5.65. The number of rotatable bonds is 3. The number of carbonyl (C=O) groups is 2. The maximum atomic E-state index is 11.9. The van der Waals surface area contributed by atoms with Crippen LogP contribution < -0.4 is 10.1 Å². The lowest BCUT2D eigenvalue weighted by molar-refractivity contribution is -0.135. The largest absolute Gasteiger partial charge is 0.425 e. The van der Waals surface area contributed by atoms with Crippen LogP contribution in [0.1, 0.15) is 30.9 Å². The molecule has 0 aliphatic carbocycles. The zero-order valence-corrected chi connectivity index (χ0v) is 12.0. The Kier molecular flexibility index (Phi) is 4.14. The normalized spacial score (nSPS) is 18.5. The van der Waals surface area contributed by atoms with Crippen LogP contribution in [-0.4, -0.2) is 23.0 Å². The molecule has 4 nitrogen and oxygen atoms in total. The molecule has 19 heavy (non-hydrogen) atoms. The van der Waals surface area contributed by atoms with E-state index in [1.165, 1.54) is 0 Å². The van der Waals surface area contributed by atoms with Gasteiger partial charge in [-0.1, -0.05) is 37.7 Å². The van der Waals surface area contributed by atoms with Crippen molar-refractivity contribution in [3.8, 4) is 5.75 Å². The Morgan fingerprint density at radius 2 is 2.21 bits per heavy atom. The molecule has 1 amide bonds. The summed E-state index contributed by atoms with van der Waals surface area (Å²) in [5, 5.41) is 2.41. The second-order valence-electron chi connectivity index (χ2n) is 4.90. The number of aryl methyl sites for hydroxylation is 1. The van der Waals surface area contributed by atoms with E-state index in [1.54, 1.807) is 0 Å². The summed E-state index contributed by atoms with van der Waals surface area (Å²) in [5.74, 6) is 0.977. The van der Waals surface area contributed by atoms with Gasteiger partial charge in [-0.25, -0.2) is 4.79 Å². The van der Waals surface area contributed by atoms with Crippen molar-refractivity contribution in [2.75, 3.05) is 5.75 Å². The van der Waals surface area contributed by atoms with Crippen molar-refractivity contribution in [3.05, 3.63) is 29.3 Å². The first-order valence-electron chi connectivity index (χ1n) is 6.23. The zero-order chi connectivity index (χ0) is 14.0. The highest BCUT2D eigenvalue weighted by Gasteiger charge is 2.30. The maximum Gasteiger partial charge on any atom is 0.334 e. The first-order chi connectivity index (χ1) is 8.97. The topological polar surface area (TPSA) is 55.4 Å². The van der Waals surface area contributed by atoms with Crippen LogP contribution in [-0.2, 0) is 4.79 Å². The molecule has 2 rings (SSSR count). The third-order valence-corrected chi connectivity index (χ3v) is 3.93. The molecule has 1 heterocycles. The molecular formula is C14H17NO3S. The highest BCUT2D eigenvalue weighted by Crippen LogP contribution is 2.25. The smallest absolute Gasteiger partial charge is 0.334 e. The van der Waals surface area contributed by atoms with Gasteiger partial charge in [0, 0.05) is 5.75 Å². The van der Waals surface area contributed by atoms with E-state index in [4.69, 9.17) is 4.74 Å². The van der Waals surface area contributed by atoms with E-state index in [0.29, 0.717) is 17.4 Å². The van der Waals surface area contributed by atoms with Crippen LogP contribution in [0.15, 0.2) is 18.2 Å². The van der Waals surface area contributed by atoms with Gasteiger partial charge < -0.3 is 10.1 Å². The van der Waals surface area contributed by atoms with Crippen molar-refractivity contribution in [3.63, 3.8) is 0 Å². The Morgan fingerprint density at radius 3 is 2.79 bits per heavy atom. The molecule has 0 unspecified atom stereocenters. The van der Waals surface area contributed by atoms with E-state index in [2.05, 4.69) is 19.2 Å². The quantitative estimate of drug-likeness (QED) is 0.683. The van der Waals surface area contributed by atoms with Crippen LogP contribution in [0.2, 0.25) is 0 Å². The van der Waals surface area contributed by atoms with Gasteiger partial charge in [0.15, 0.2) is 0 Å². The van der Waals surface area contributed by atoms with Gasteiger partial charge in [-0.3, -0.25) is 4.79 Å². The van der Waals surface area contributed by atoms with Gasteiger partial charge in [0.2, 0.25) is 0 Å². The average Bonchev–Trinajstić information content (AvgIpc) is 2.78. The minimum atomic E-state index is -0.542. The zero-order valence-electron chi connectivity index (χ0n) is 11.2. The fraction of sp³-hybridized carbons (Fsp3) is 0.429. The predicted molar refractivity (Wildman–Crippen MR) is 75.7 cm³/mol. The number of esters is 1. The molecular weight excluding hydrogens is 262 g/mol. The van der Waals surface area contributed by atoms with E-state index >= 15 is 0 Å². The fourth-order valence-electron chi connectivity index (χ4n) is 1.78.